The van der Waals surface area contributed by atoms with Crippen molar-refractivity contribution in [3.63, 3.8) is 0 Å². The lowest BCUT2D eigenvalue weighted by Gasteiger charge is -2.30. The molecule has 2 aromatic heterocycles. The first kappa shape index (κ1) is 41.8. The summed E-state index contributed by atoms with van der Waals surface area (Å²) >= 11 is 0. The molecular weight excluding hydrogens is 785 g/mol. The summed E-state index contributed by atoms with van der Waals surface area (Å²) in [6, 6.07) is 28.2. The molecule has 0 aliphatic carbocycles. The molecule has 1 unspecified atom stereocenters. The van der Waals surface area contributed by atoms with Crippen LogP contribution in [0.3, 0.4) is 0 Å². The third kappa shape index (κ3) is 8.63. The summed E-state index contributed by atoms with van der Waals surface area (Å²) in [6.07, 6.45) is 4.70. The van der Waals surface area contributed by atoms with Crippen LogP contribution in [0, 0.1) is 11.8 Å². The summed E-state index contributed by atoms with van der Waals surface area (Å²) in [5, 5.41) is 7.62. The predicted molar refractivity (Wildman–Crippen MR) is 235 cm³/mol. The Bertz CT molecular complexity index is 2570. The molecule has 5 atom stereocenters. The fourth-order valence-corrected chi connectivity index (χ4v) is 8.76. The molecule has 0 spiro atoms. The molecule has 14 heteroatoms. The van der Waals surface area contributed by atoms with Gasteiger partial charge in [-0.05, 0) is 76.3 Å². The van der Waals surface area contributed by atoms with Crippen molar-refractivity contribution >= 4 is 34.8 Å². The molecule has 4 heterocycles. The van der Waals surface area contributed by atoms with E-state index in [-0.39, 0.29) is 35.7 Å². The number of imidazole rings is 2. The Balaban J connectivity index is 0.950. The van der Waals surface area contributed by atoms with E-state index in [1.165, 1.54) is 14.2 Å². The fourth-order valence-electron chi connectivity index (χ4n) is 8.76. The topological polar surface area (TPSA) is 175 Å². The Kier molecular flexibility index (Phi) is 12.1. The lowest BCUT2D eigenvalue weighted by atomic mass is 9.98. The zero-order valence-corrected chi connectivity index (χ0v) is 35.6. The number of amides is 4. The number of aromatic amines is 2. The summed E-state index contributed by atoms with van der Waals surface area (Å²) in [5.74, 6) is 1.21. The van der Waals surface area contributed by atoms with E-state index in [4.69, 9.17) is 19.4 Å². The van der Waals surface area contributed by atoms with Gasteiger partial charge in [-0.3, -0.25) is 9.59 Å². The second-order valence-electron chi connectivity index (χ2n) is 16.6. The summed E-state index contributed by atoms with van der Waals surface area (Å²) < 4.78 is 9.63. The molecule has 2 saturated heterocycles. The van der Waals surface area contributed by atoms with Crippen LogP contribution >= 0.6 is 0 Å². The van der Waals surface area contributed by atoms with Gasteiger partial charge < -0.3 is 39.9 Å². The first-order valence-corrected chi connectivity index (χ1v) is 21.1. The zero-order valence-electron chi connectivity index (χ0n) is 35.6. The Labute approximate surface area is 360 Å². The van der Waals surface area contributed by atoms with Crippen molar-refractivity contribution in [2.24, 2.45) is 11.8 Å². The van der Waals surface area contributed by atoms with Gasteiger partial charge in [0.05, 0.1) is 50.1 Å². The summed E-state index contributed by atoms with van der Waals surface area (Å²) in [7, 11) is 2.58. The van der Waals surface area contributed by atoms with Crippen LogP contribution in [0.5, 0.6) is 0 Å². The van der Waals surface area contributed by atoms with E-state index in [2.05, 4.69) is 88.2 Å². The fraction of sp³-hybridized carbons (Fsp3) is 0.333. The minimum absolute atomic E-state index is 0.109. The Hall–Kier alpha value is -6.96. The molecule has 6 aromatic rings. The first-order chi connectivity index (χ1) is 30.0. The number of carbonyl (C=O) groups excluding carboxylic acids is 4. The minimum Gasteiger partial charge on any atom is -0.453 e. The maximum Gasteiger partial charge on any atom is 0.407 e. The molecule has 14 nitrogen and oxygen atoms in total. The zero-order chi connectivity index (χ0) is 43.5. The van der Waals surface area contributed by atoms with Crippen LogP contribution in [0.15, 0.2) is 103 Å². The highest BCUT2D eigenvalue weighted by molar-refractivity contribution is 5.91. The highest BCUT2D eigenvalue weighted by atomic mass is 16.5. The molecule has 2 fully saturated rings. The number of fused-ring (bicyclic) bond motifs is 1. The van der Waals surface area contributed by atoms with Crippen molar-refractivity contribution in [3.8, 4) is 33.6 Å². The molecule has 2 aliphatic rings. The number of methoxy groups -OCH3 is 2. The van der Waals surface area contributed by atoms with Crippen molar-refractivity contribution in [2.75, 3.05) is 27.3 Å². The molecular formula is C48H52N8O6. The van der Waals surface area contributed by atoms with Gasteiger partial charge in [0.25, 0.3) is 5.91 Å². The van der Waals surface area contributed by atoms with Crippen LogP contribution in [0.1, 0.15) is 75.4 Å². The maximum atomic E-state index is 14.1. The molecule has 4 amide bonds. The number of ether oxygens (including phenoxy) is 2. The van der Waals surface area contributed by atoms with Crippen LogP contribution in [0.2, 0.25) is 0 Å². The minimum atomic E-state index is -0.892. The monoisotopic (exact) mass is 836 g/mol. The molecule has 4 aromatic carbocycles. The molecule has 0 bridgehead atoms. The largest absolute Gasteiger partial charge is 0.453 e. The van der Waals surface area contributed by atoms with Gasteiger partial charge in [-0.1, -0.05) is 99.6 Å². The van der Waals surface area contributed by atoms with Crippen LogP contribution in [-0.2, 0) is 19.1 Å². The number of aromatic nitrogens is 4. The van der Waals surface area contributed by atoms with Gasteiger partial charge in [-0.15, -0.1) is 0 Å². The summed E-state index contributed by atoms with van der Waals surface area (Å²) in [5.41, 5.74) is 6.51. The Morgan fingerprint density at radius 2 is 1.27 bits per heavy atom. The Morgan fingerprint density at radius 1 is 0.694 bits per heavy atom. The van der Waals surface area contributed by atoms with Crippen LogP contribution in [0.25, 0.3) is 44.4 Å². The molecule has 0 saturated carbocycles. The lowest BCUT2D eigenvalue weighted by Crippen LogP contribution is -2.51. The van der Waals surface area contributed by atoms with E-state index >= 15 is 0 Å². The number of hydrogen-bond acceptors (Lipinski definition) is 8. The average Bonchev–Trinajstić information content (AvgIpc) is 4.14. The second-order valence-corrected chi connectivity index (χ2v) is 16.6. The highest BCUT2D eigenvalue weighted by Gasteiger charge is 2.40. The number of benzene rings is 4. The maximum absolute atomic E-state index is 14.1. The van der Waals surface area contributed by atoms with E-state index in [0.717, 1.165) is 69.5 Å². The molecule has 4 N–H and O–H groups in total. The smallest absolute Gasteiger partial charge is 0.407 e. The van der Waals surface area contributed by atoms with Gasteiger partial charge in [-0.2, -0.15) is 0 Å². The summed E-state index contributed by atoms with van der Waals surface area (Å²) in [6.45, 7) is 7.05. The van der Waals surface area contributed by atoms with Gasteiger partial charge in [0, 0.05) is 18.7 Å². The van der Waals surface area contributed by atoms with Crippen molar-refractivity contribution in [2.45, 2.75) is 64.2 Å². The van der Waals surface area contributed by atoms with Gasteiger partial charge in [0.1, 0.15) is 23.7 Å². The van der Waals surface area contributed by atoms with Crippen molar-refractivity contribution in [3.05, 3.63) is 121 Å². The normalized spacial score (nSPS) is 18.5. The molecule has 2 aliphatic heterocycles. The summed E-state index contributed by atoms with van der Waals surface area (Å²) in [4.78, 5) is 72.0. The van der Waals surface area contributed by atoms with Gasteiger partial charge >= 0.3 is 12.2 Å². The number of H-pyrrole nitrogens is 2. The quantitative estimate of drug-likeness (QED) is 0.101. The number of rotatable bonds is 11. The van der Waals surface area contributed by atoms with E-state index in [0.29, 0.717) is 24.5 Å². The van der Waals surface area contributed by atoms with Crippen molar-refractivity contribution < 1.29 is 28.7 Å². The number of likely N-dealkylation sites (tertiary alicyclic amines) is 2. The van der Waals surface area contributed by atoms with Crippen LogP contribution in [0.4, 0.5) is 9.59 Å². The van der Waals surface area contributed by atoms with Crippen LogP contribution in [-0.4, -0.2) is 87.1 Å². The third-order valence-electron chi connectivity index (χ3n) is 12.1. The van der Waals surface area contributed by atoms with E-state index in [1.807, 2.05) is 66.4 Å². The third-order valence-corrected chi connectivity index (χ3v) is 12.1. The second kappa shape index (κ2) is 17.9. The number of hydrogen-bond donors (Lipinski definition) is 4. The van der Waals surface area contributed by atoms with Gasteiger partial charge in [0.2, 0.25) is 5.91 Å². The standard InChI is InChI=1S/C48H52N8O6/c1-28(2)41(53-47(59)61-4)45(57)55-21-9-12-39(55)43-49-26-38(52-43)36-20-19-34-23-33(17-18-35(34)24-36)30-13-15-31(16-14-30)37-25-50-44(51-37)40-22-29(3)27-56(40)46(58)42(54-48(60)62-5)32-10-7-6-8-11-32/h6-8,10-11,13-20,23-26,28-29,39-42H,9,12,21-22,27H2,1-5H3,(H,49,52)(H,50,51)(H,53,59)(H,54,60)/t29?,39-,40-,41-,42+/m0/s1. The molecule has 0 radical (unpaired) electrons. The average molecular weight is 837 g/mol. The lowest BCUT2D eigenvalue weighted by molar-refractivity contribution is -0.136. The van der Waals surface area contributed by atoms with E-state index < -0.39 is 24.3 Å². The number of nitrogens with one attached hydrogen (secondary N) is 4. The molecule has 8 rings (SSSR count). The SMILES string of the molecule is COC(=O)N[C@H](C(=O)N1CCC[C@H]1c1ncc(-c2ccc3cc(-c4ccc(-c5cnc([C@@H]6CC(C)CN6C(=O)[C@H](NC(=O)OC)c6ccccc6)[nH]5)cc4)ccc3c2)[nH]1)C(C)C. The predicted octanol–water partition coefficient (Wildman–Crippen LogP) is 8.34. The van der Waals surface area contributed by atoms with Gasteiger partial charge in [0.15, 0.2) is 0 Å². The van der Waals surface area contributed by atoms with Gasteiger partial charge in [-0.25, -0.2) is 19.6 Å². The van der Waals surface area contributed by atoms with Crippen molar-refractivity contribution in [1.29, 1.82) is 0 Å². The highest BCUT2D eigenvalue weighted by Crippen LogP contribution is 2.38. The molecule has 320 valence electrons. The van der Waals surface area contributed by atoms with E-state index in [1.54, 1.807) is 0 Å². The Morgan fingerprint density at radius 3 is 1.94 bits per heavy atom. The first-order valence-electron chi connectivity index (χ1n) is 21.1. The number of alkyl carbamates (subject to hydrolysis) is 2. The van der Waals surface area contributed by atoms with Crippen molar-refractivity contribution in [1.82, 2.24) is 40.4 Å². The number of nitrogens with zero attached hydrogens (tertiary/aromatic N) is 4. The molecule has 62 heavy (non-hydrogen) atoms. The van der Waals surface area contributed by atoms with E-state index in [9.17, 15) is 19.2 Å². The van der Waals surface area contributed by atoms with Crippen LogP contribution < -0.4 is 10.6 Å². The number of carbonyl (C=O) groups is 4.